The third-order valence-electron chi connectivity index (χ3n) is 5.22. The predicted octanol–water partition coefficient (Wildman–Crippen LogP) is 1.69. The smallest absolute Gasteiger partial charge is 0.0346 e. The van der Waals surface area contributed by atoms with Gasteiger partial charge in [0.25, 0.3) is 0 Å². The van der Waals surface area contributed by atoms with E-state index in [1.807, 2.05) is 0 Å². The Labute approximate surface area is 112 Å². The Kier molecular flexibility index (Phi) is 4.55. The first-order valence-electron chi connectivity index (χ1n) is 8.12. The summed E-state index contributed by atoms with van der Waals surface area (Å²) in [5.41, 5.74) is 0. The molecule has 2 heterocycles. The van der Waals surface area contributed by atoms with E-state index in [2.05, 4.69) is 15.1 Å². The number of nitrogens with one attached hydrogen (secondary N) is 1. The largest absolute Gasteiger partial charge is 0.314 e. The van der Waals surface area contributed by atoms with E-state index < -0.39 is 0 Å². The van der Waals surface area contributed by atoms with Gasteiger partial charge in [0, 0.05) is 51.4 Å². The molecule has 0 spiro atoms. The first-order chi connectivity index (χ1) is 8.93. The van der Waals surface area contributed by atoms with Crippen molar-refractivity contribution in [1.29, 1.82) is 0 Å². The second kappa shape index (κ2) is 6.36. The molecule has 2 aliphatic heterocycles. The molecule has 0 aromatic carbocycles. The minimum atomic E-state index is 0.851. The highest BCUT2D eigenvalue weighted by Crippen LogP contribution is 2.23. The summed E-state index contributed by atoms with van der Waals surface area (Å²) in [6.07, 6.45) is 10.3. The Morgan fingerprint density at radius 3 is 1.61 bits per heavy atom. The topological polar surface area (TPSA) is 18.5 Å². The van der Waals surface area contributed by atoms with Gasteiger partial charge in [-0.05, 0) is 12.8 Å². The second-order valence-corrected chi connectivity index (χ2v) is 6.38. The van der Waals surface area contributed by atoms with Gasteiger partial charge in [-0.25, -0.2) is 0 Å². The van der Waals surface area contributed by atoms with Gasteiger partial charge in [-0.1, -0.05) is 32.1 Å². The molecule has 0 unspecified atom stereocenters. The van der Waals surface area contributed by atoms with Gasteiger partial charge in [-0.3, -0.25) is 9.80 Å². The number of piperazine rings is 1. The van der Waals surface area contributed by atoms with Crippen molar-refractivity contribution >= 4 is 0 Å². The molecule has 0 aromatic rings. The monoisotopic (exact) mass is 251 g/mol. The molecule has 1 N–H and O–H groups in total. The zero-order chi connectivity index (χ0) is 12.2. The second-order valence-electron chi connectivity index (χ2n) is 6.38. The predicted molar refractivity (Wildman–Crippen MR) is 75.9 cm³/mol. The molecule has 0 radical (unpaired) electrons. The van der Waals surface area contributed by atoms with E-state index in [1.54, 1.807) is 0 Å². The van der Waals surface area contributed by atoms with Crippen LogP contribution in [0.25, 0.3) is 0 Å². The van der Waals surface area contributed by atoms with E-state index in [-0.39, 0.29) is 0 Å². The van der Waals surface area contributed by atoms with Gasteiger partial charge in [-0.15, -0.1) is 0 Å². The molecule has 18 heavy (non-hydrogen) atoms. The zero-order valence-electron chi connectivity index (χ0n) is 11.7. The Morgan fingerprint density at radius 2 is 1.11 bits per heavy atom. The average Bonchev–Trinajstić information content (AvgIpc) is 2.28. The fourth-order valence-corrected chi connectivity index (χ4v) is 3.80. The molecule has 0 bridgehead atoms. The Hall–Kier alpha value is -0.120. The molecule has 3 rings (SSSR count). The van der Waals surface area contributed by atoms with Gasteiger partial charge in [0.1, 0.15) is 0 Å². The van der Waals surface area contributed by atoms with E-state index in [1.165, 1.54) is 84.2 Å². The molecule has 3 heteroatoms. The summed E-state index contributed by atoms with van der Waals surface area (Å²) in [6, 6.07) is 1.76. The van der Waals surface area contributed by atoms with Gasteiger partial charge >= 0.3 is 0 Å². The summed E-state index contributed by atoms with van der Waals surface area (Å²) in [4.78, 5) is 5.50. The van der Waals surface area contributed by atoms with Crippen molar-refractivity contribution in [3.63, 3.8) is 0 Å². The Morgan fingerprint density at radius 1 is 0.611 bits per heavy atom. The molecule has 2 saturated heterocycles. The van der Waals surface area contributed by atoms with Gasteiger partial charge in [0.05, 0.1) is 0 Å². The maximum atomic E-state index is 3.39. The third kappa shape index (κ3) is 3.06. The van der Waals surface area contributed by atoms with Crippen LogP contribution in [0, 0.1) is 0 Å². The van der Waals surface area contributed by atoms with E-state index in [0.29, 0.717) is 0 Å². The van der Waals surface area contributed by atoms with Gasteiger partial charge in [0.15, 0.2) is 0 Å². The van der Waals surface area contributed by atoms with Crippen molar-refractivity contribution in [3.8, 4) is 0 Å². The van der Waals surface area contributed by atoms with Gasteiger partial charge in [-0.2, -0.15) is 0 Å². The maximum Gasteiger partial charge on any atom is 0.0346 e. The van der Waals surface area contributed by atoms with Crippen LogP contribution in [0.5, 0.6) is 0 Å². The molecule has 3 aliphatic rings. The molecule has 0 amide bonds. The van der Waals surface area contributed by atoms with Crippen LogP contribution < -0.4 is 5.32 Å². The van der Waals surface area contributed by atoms with Crippen LogP contribution in [-0.2, 0) is 0 Å². The van der Waals surface area contributed by atoms with E-state index in [0.717, 1.165) is 12.1 Å². The lowest BCUT2D eigenvalue weighted by Crippen LogP contribution is -2.62. The lowest BCUT2D eigenvalue weighted by atomic mass is 9.95. The van der Waals surface area contributed by atoms with Crippen LogP contribution in [-0.4, -0.2) is 61.2 Å². The minimum Gasteiger partial charge on any atom is -0.314 e. The lowest BCUT2D eigenvalue weighted by Gasteiger charge is -2.45. The number of rotatable bonds is 2. The van der Waals surface area contributed by atoms with Crippen molar-refractivity contribution in [1.82, 2.24) is 15.1 Å². The normalized spacial score (nSPS) is 30.7. The highest BCUT2D eigenvalue weighted by Gasteiger charge is 2.29. The van der Waals surface area contributed by atoms with Crippen molar-refractivity contribution in [3.05, 3.63) is 0 Å². The van der Waals surface area contributed by atoms with Crippen molar-refractivity contribution in [2.75, 3.05) is 39.3 Å². The van der Waals surface area contributed by atoms with Crippen molar-refractivity contribution in [2.24, 2.45) is 0 Å². The quantitative estimate of drug-likeness (QED) is 0.806. The average molecular weight is 251 g/mol. The minimum absolute atomic E-state index is 0.851. The maximum absolute atomic E-state index is 3.39. The highest BCUT2D eigenvalue weighted by atomic mass is 15.3. The van der Waals surface area contributed by atoms with E-state index >= 15 is 0 Å². The summed E-state index contributed by atoms with van der Waals surface area (Å²) < 4.78 is 0. The van der Waals surface area contributed by atoms with Crippen LogP contribution in [0.4, 0.5) is 0 Å². The molecule has 1 aliphatic carbocycles. The molecule has 0 aromatic heterocycles. The van der Waals surface area contributed by atoms with Gasteiger partial charge in [0.2, 0.25) is 0 Å². The Bertz CT molecular complexity index is 236. The van der Waals surface area contributed by atoms with Gasteiger partial charge < -0.3 is 5.32 Å². The Balaban J connectivity index is 1.45. The fourth-order valence-electron chi connectivity index (χ4n) is 3.80. The van der Waals surface area contributed by atoms with Crippen LogP contribution in [0.3, 0.4) is 0 Å². The molecule has 3 fully saturated rings. The molecule has 104 valence electrons. The summed E-state index contributed by atoms with van der Waals surface area (Å²) in [5, 5.41) is 3.39. The number of nitrogens with zero attached hydrogens (tertiary/aromatic N) is 2. The first-order valence-corrected chi connectivity index (χ1v) is 8.12. The molecule has 3 nitrogen and oxygen atoms in total. The number of hydrogen-bond acceptors (Lipinski definition) is 3. The zero-order valence-corrected chi connectivity index (χ0v) is 11.7. The highest BCUT2D eigenvalue weighted by molar-refractivity contribution is 4.88. The van der Waals surface area contributed by atoms with Crippen LogP contribution >= 0.6 is 0 Å². The van der Waals surface area contributed by atoms with Crippen LogP contribution in [0.15, 0.2) is 0 Å². The summed E-state index contributed by atoms with van der Waals surface area (Å²) in [6.45, 7) is 7.71. The fraction of sp³-hybridized carbons (Fsp3) is 1.00. The van der Waals surface area contributed by atoms with Crippen molar-refractivity contribution in [2.45, 2.75) is 57.0 Å². The van der Waals surface area contributed by atoms with E-state index in [9.17, 15) is 0 Å². The first kappa shape index (κ1) is 12.9. The molecule has 1 saturated carbocycles. The summed E-state index contributed by atoms with van der Waals surface area (Å²) >= 11 is 0. The van der Waals surface area contributed by atoms with Crippen molar-refractivity contribution < 1.29 is 0 Å². The van der Waals surface area contributed by atoms with Crippen LogP contribution in [0.1, 0.15) is 44.9 Å². The van der Waals surface area contributed by atoms with E-state index in [4.69, 9.17) is 0 Å². The summed E-state index contributed by atoms with van der Waals surface area (Å²) in [7, 11) is 0. The third-order valence-corrected chi connectivity index (χ3v) is 5.22. The molecular formula is C15H29N3. The standard InChI is InChI=1S/C15H29N3/c1-2-4-6-14(7-5-3-1)17-8-10-18(11-9-17)15-12-16-13-15/h14-16H,1-13H2. The number of hydrogen-bond donors (Lipinski definition) is 1. The molecule has 0 atom stereocenters. The van der Waals surface area contributed by atoms with Crippen LogP contribution in [0.2, 0.25) is 0 Å². The SMILES string of the molecule is C1CCCC(N2CCN(C3CNC3)CC2)CCC1. The molecular weight excluding hydrogens is 222 g/mol. The summed E-state index contributed by atoms with van der Waals surface area (Å²) in [5.74, 6) is 0. The lowest BCUT2D eigenvalue weighted by molar-refractivity contribution is 0.0449.